The predicted octanol–water partition coefficient (Wildman–Crippen LogP) is 26.5. The van der Waals surface area contributed by atoms with Gasteiger partial charge in [0, 0.05) is 71.1 Å². The van der Waals surface area contributed by atoms with E-state index in [1.807, 2.05) is 55.1 Å². The third-order valence-corrected chi connectivity index (χ3v) is 26.1. The number of rotatable bonds is 23. The topological polar surface area (TPSA) is 394 Å². The van der Waals surface area contributed by atoms with E-state index in [1.54, 1.807) is 158 Å². The monoisotopic (exact) mass is 2250 g/mol. The second kappa shape index (κ2) is 62.5. The summed E-state index contributed by atoms with van der Waals surface area (Å²) in [4.78, 5) is 136. The molecule has 815 valence electrons. The molecule has 11 rings (SSSR count). The zero-order chi connectivity index (χ0) is 112. The van der Waals surface area contributed by atoms with E-state index in [0.717, 1.165) is 91.6 Å². The van der Waals surface area contributed by atoms with Crippen molar-refractivity contribution in [3.8, 4) is 0 Å². The zero-order valence-corrected chi connectivity index (χ0v) is 97.1. The number of nitrogens with one attached hydrogen (secondary N) is 5. The molecule has 3 aliphatic rings. The molecule has 8 aromatic rings. The van der Waals surface area contributed by atoms with Crippen LogP contribution in [0.1, 0.15) is 331 Å². The van der Waals surface area contributed by atoms with Crippen molar-refractivity contribution in [2.45, 2.75) is 274 Å². The normalized spacial score (nSPS) is 16.2. The second-order valence-electron chi connectivity index (χ2n) is 40.4. The number of methoxy groups -OCH3 is 4. The fourth-order valence-electron chi connectivity index (χ4n) is 16.6. The van der Waals surface area contributed by atoms with Crippen LogP contribution in [0, 0.1) is 22.7 Å². The van der Waals surface area contributed by atoms with Crippen molar-refractivity contribution in [3.63, 3.8) is 0 Å². The van der Waals surface area contributed by atoms with Crippen molar-refractivity contribution in [3.05, 3.63) is 277 Å². The van der Waals surface area contributed by atoms with Crippen LogP contribution in [0.4, 0.5) is 9.59 Å². The van der Waals surface area contributed by atoms with Crippen molar-refractivity contribution in [1.82, 2.24) is 36.4 Å². The number of carboxylic acid groups (broad SMARTS) is 1. The molecule has 2 aliphatic carbocycles. The molecule has 2 saturated carbocycles. The summed E-state index contributed by atoms with van der Waals surface area (Å²) in [6.07, 6.45) is 6.10. The average Bonchev–Trinajstić information content (AvgIpc) is 1.58. The molecule has 39 heteroatoms. The molecule has 4 unspecified atom stereocenters. The average molecular weight is 2260 g/mol. The molecule has 1 radical (unpaired) electrons. The molecule has 1 spiro atoms. The van der Waals surface area contributed by atoms with Crippen LogP contribution in [0.2, 0.25) is 40.2 Å². The van der Waals surface area contributed by atoms with E-state index in [1.165, 1.54) is 52.7 Å². The first-order valence-corrected chi connectivity index (χ1v) is 51.7. The van der Waals surface area contributed by atoms with Crippen molar-refractivity contribution in [2.24, 2.45) is 38.4 Å². The van der Waals surface area contributed by atoms with Gasteiger partial charge in [-0.2, -0.15) is 0 Å². The van der Waals surface area contributed by atoms with Gasteiger partial charge < -0.3 is 71.2 Å². The van der Waals surface area contributed by atoms with Gasteiger partial charge >= 0.3 is 66.8 Å². The summed E-state index contributed by atoms with van der Waals surface area (Å²) in [6.45, 7) is 43.8. The first-order chi connectivity index (χ1) is 68.9. The number of nitrogens with zero attached hydrogens (tertiary/aromatic N) is 3. The minimum absolute atomic E-state index is 0. The van der Waals surface area contributed by atoms with Gasteiger partial charge in [-0.05, 0) is 331 Å². The van der Waals surface area contributed by atoms with Crippen LogP contribution in [0.3, 0.4) is 0 Å². The Labute approximate surface area is 931 Å². The Balaban J connectivity index is 0.000000463. The predicted molar refractivity (Wildman–Crippen MR) is 600 cm³/mol. The van der Waals surface area contributed by atoms with Gasteiger partial charge in [-0.15, -0.1) is 12.4 Å². The Hall–Kier alpha value is -9.61. The first kappa shape index (κ1) is 134. The summed E-state index contributed by atoms with van der Waals surface area (Å²) in [6, 6.07) is 43.5. The fourth-order valence-corrected chi connectivity index (χ4v) is 18.8. The second-order valence-corrected chi connectivity index (χ2v) is 44.2. The van der Waals surface area contributed by atoms with Crippen molar-refractivity contribution >= 4 is 191 Å². The van der Waals surface area contributed by atoms with Crippen LogP contribution in [0.5, 0.6) is 0 Å². The van der Waals surface area contributed by atoms with E-state index in [9.17, 15) is 57.8 Å². The van der Waals surface area contributed by atoms with Gasteiger partial charge in [0.2, 0.25) is 17.7 Å². The Bertz CT molecular complexity index is 5650. The number of nitrogens with two attached hydrogens (primary N) is 2. The Morgan fingerprint density at radius 3 is 1.05 bits per heavy atom. The molecule has 1 aliphatic heterocycles. The number of halogens is 9. The Morgan fingerprint density at radius 1 is 0.456 bits per heavy atom. The number of ketones is 1. The first-order valence-electron chi connectivity index (χ1n) is 48.2. The number of aliphatic carboxylic acids is 1. The van der Waals surface area contributed by atoms with Gasteiger partial charge in [-0.3, -0.25) is 29.4 Å². The van der Waals surface area contributed by atoms with Gasteiger partial charge in [0.15, 0.2) is 6.04 Å². The van der Waals surface area contributed by atoms with Crippen LogP contribution in [0.25, 0.3) is 0 Å². The number of thiol groups is 1. The summed E-state index contributed by atoms with van der Waals surface area (Å²) < 4.78 is 31.8. The molecule has 8 aromatic carbocycles. The molecular formula is C110H145BCl9N10O18S. The molecule has 8 atom stereocenters. The number of esters is 4. The molecule has 3 fully saturated rings. The number of carbonyl (C=O) groups is 11. The molecule has 0 bridgehead atoms. The SMILES string of the molecule is CC(C)(C)C1CCC(=O)CC1.CC(C)(C)OC(=O)NC(C(=O)O)c1cc(Cl)cc(Cl)c1.CCN(C(C)C)C(C)C.COC(=O)c1ccc([C@@H](C)N)cc1.COC(=O)c1ccc([C@@H](C)N2C(=O)C(c3cc(Cl)cc(Cl)c3)NC23CCC(C(C)(C)C)CC3)cc1.COC(=O)c1ccc([C@@H](C)NC(=O)C(N)c2cc(Cl)cc(Cl)c2)cc1.COC(=O)c1ccc([C@@H](C)NC(=O)C(NC(=O)OC(C)(C)C)c2cc(Cl)cc(Cl)c2)cc1.Cl.[B]=NS. The quantitative estimate of drug-likeness (QED) is 0.0124. The van der Waals surface area contributed by atoms with Crippen LogP contribution in [0.15, 0.2) is 174 Å². The van der Waals surface area contributed by atoms with Crippen LogP contribution >= 0.6 is 118 Å². The van der Waals surface area contributed by atoms with E-state index in [-0.39, 0.29) is 75.3 Å². The molecule has 1 heterocycles. The third-order valence-electron chi connectivity index (χ3n) is 24.3. The van der Waals surface area contributed by atoms with Crippen LogP contribution in [-0.2, 0) is 52.4 Å². The van der Waals surface area contributed by atoms with Crippen LogP contribution in [-0.4, -0.2) is 152 Å². The number of amides is 5. The van der Waals surface area contributed by atoms with E-state index in [4.69, 9.17) is 123 Å². The summed E-state index contributed by atoms with van der Waals surface area (Å²) in [5.41, 5.74) is 17.8. The third kappa shape index (κ3) is 44.9. The summed E-state index contributed by atoms with van der Waals surface area (Å²) in [5, 5.41) is 26.5. The van der Waals surface area contributed by atoms with E-state index < -0.39 is 83.1 Å². The number of carbonyl (C=O) groups excluding carboxylic acids is 10. The number of Topliss-reactive ketones (excluding diaryl/α,β-unsaturated/α-hetero) is 1. The molecular weight excluding hydrogens is 2110 g/mol. The maximum absolute atomic E-state index is 14.0. The molecule has 28 nitrogen and oxygen atoms in total. The molecule has 1 saturated heterocycles. The van der Waals surface area contributed by atoms with E-state index >= 15 is 0 Å². The summed E-state index contributed by atoms with van der Waals surface area (Å²) in [7, 11) is 9.69. The standard InChI is InChI=1S/C28H34Cl2N2O3.C23H26Cl2N2O5.C18H18Cl2N2O3.C13H15Cl2NO4.C10H13NO2.C10H18O.C8H19N.BHNS.ClH/c1-17(18-6-8-19(9-7-18)26(34)35-5)32-25(33)24(20-14-22(29)16-23(30)15-20)31-28(32)12-10-21(11-13-28)27(2,3)4;1-13(14-6-8-15(9-7-14)21(29)31-5)26-20(28)19(27-22(30)32-23(2,3)4)16-10-17(24)12-18(25)11-16;1-10(11-3-5-12(6-4-11)18(24)25-2)22-17(23)16(21)13-7-14(19)9-15(20)8-13;1-13(2,3)20-12(19)16-10(11(17)18)7-4-8(14)6-9(15)5-7;1-7(11)8-3-5-9(6-4-8)10(12)13-2;1-10(2,3)8-4-6-9(11)7-5-8;1-6-9(7(2)3)8(4)5;1-2-3;/h6-9,14-17,21,24,31H,10-13H2,1-5H3;6-13,19H,1-5H3,(H,26,28)(H,27,30);3-10,16H,21H2,1-2H3,(H,22,23);4-6,10H,1-3H3,(H,16,19)(H,17,18);3-7H,11H2,1-2H3;8H,4-7H2,1-3H3;7-8H,6H2,1-5H3;3H;1H/t17-,21?,24?,28?;13-,19?;10-,16?;;7-;;;;/m111.1..../s1. The van der Waals surface area contributed by atoms with Gasteiger partial charge in [-0.1, -0.05) is 190 Å². The molecule has 5 amide bonds. The molecule has 10 N–H and O–H groups in total. The fraction of sp³-hybridized carbons (Fsp3) is 0.464. The van der Waals surface area contributed by atoms with Crippen LogP contribution < -0.4 is 38.1 Å². The van der Waals surface area contributed by atoms with Gasteiger partial charge in [0.25, 0.3) is 0 Å². The molecule has 0 aromatic heterocycles. The number of alkyl carbamates (subject to hydrolysis) is 2. The van der Waals surface area contributed by atoms with E-state index in [0.29, 0.717) is 92.7 Å². The molecule has 149 heavy (non-hydrogen) atoms. The van der Waals surface area contributed by atoms with Gasteiger partial charge in [-0.25, -0.2) is 33.6 Å². The maximum atomic E-state index is 14.0. The number of benzene rings is 8. The van der Waals surface area contributed by atoms with Gasteiger partial charge in [0.05, 0.1) is 74.5 Å². The number of carboxylic acids is 1. The summed E-state index contributed by atoms with van der Waals surface area (Å²) in [5.74, 6) is -1.81. The van der Waals surface area contributed by atoms with Gasteiger partial charge in [0.1, 0.15) is 35.1 Å². The minimum atomic E-state index is -1.29. The Morgan fingerprint density at radius 2 is 0.752 bits per heavy atom. The van der Waals surface area contributed by atoms with E-state index in [2.05, 4.69) is 149 Å². The number of hydrogen-bond acceptors (Lipinski definition) is 23. The van der Waals surface area contributed by atoms with Crippen molar-refractivity contribution in [2.75, 3.05) is 35.0 Å². The Kier molecular flexibility index (Phi) is 56.0. The number of ether oxygens (including phenoxy) is 6. The van der Waals surface area contributed by atoms with Crippen molar-refractivity contribution < 1.29 is 86.3 Å². The zero-order valence-electron chi connectivity index (χ0n) is 89.3. The van der Waals surface area contributed by atoms with Crippen molar-refractivity contribution in [1.29, 1.82) is 0 Å². The number of hydrogen-bond donors (Lipinski definition) is 9. The summed E-state index contributed by atoms with van der Waals surface area (Å²) >= 11 is 51.5.